The van der Waals surface area contributed by atoms with Crippen LogP contribution in [0.3, 0.4) is 0 Å². The lowest BCUT2D eigenvalue weighted by molar-refractivity contribution is -0.226. The van der Waals surface area contributed by atoms with Crippen molar-refractivity contribution in [3.05, 3.63) is 0 Å². The number of hydrogen-bond donors (Lipinski definition) is 2. The third-order valence-corrected chi connectivity index (χ3v) is 0.891. The van der Waals surface area contributed by atoms with E-state index in [2.05, 4.69) is 0 Å². The SMILES string of the molecule is O=C(O)NC(F)(F)C(F)(F)CF. The molecule has 0 aromatic carbocycles. The molecule has 0 atom stereocenters. The maximum absolute atomic E-state index is 12.0. The van der Waals surface area contributed by atoms with E-state index in [-0.39, 0.29) is 5.32 Å². The van der Waals surface area contributed by atoms with Crippen LogP contribution in [0.1, 0.15) is 0 Å². The second-order valence-corrected chi connectivity index (χ2v) is 1.84. The zero-order chi connectivity index (χ0) is 9.99. The van der Waals surface area contributed by atoms with Gasteiger partial charge in [0.25, 0.3) is 0 Å². The average molecular weight is 193 g/mol. The summed E-state index contributed by atoms with van der Waals surface area (Å²) in [7, 11) is 0. The number of carboxylic acid groups (broad SMARTS) is 1. The second kappa shape index (κ2) is 3.11. The Morgan fingerprint density at radius 3 is 2.00 bits per heavy atom. The van der Waals surface area contributed by atoms with Crippen LogP contribution in [0.2, 0.25) is 0 Å². The van der Waals surface area contributed by atoms with Gasteiger partial charge in [-0.25, -0.2) is 9.18 Å². The molecular formula is C4H4F5NO2. The van der Waals surface area contributed by atoms with Gasteiger partial charge in [-0.15, -0.1) is 0 Å². The van der Waals surface area contributed by atoms with Crippen LogP contribution in [-0.4, -0.2) is 29.8 Å². The van der Waals surface area contributed by atoms with Gasteiger partial charge in [0.2, 0.25) is 0 Å². The van der Waals surface area contributed by atoms with Crippen LogP contribution in [0.4, 0.5) is 26.7 Å². The van der Waals surface area contributed by atoms with E-state index >= 15 is 0 Å². The third kappa shape index (κ3) is 2.21. The van der Waals surface area contributed by atoms with Crippen molar-refractivity contribution in [1.82, 2.24) is 5.32 Å². The van der Waals surface area contributed by atoms with E-state index in [4.69, 9.17) is 5.11 Å². The van der Waals surface area contributed by atoms with Gasteiger partial charge in [-0.3, -0.25) is 5.32 Å². The number of nitrogens with one attached hydrogen (secondary N) is 1. The van der Waals surface area contributed by atoms with Crippen LogP contribution in [0, 0.1) is 0 Å². The number of rotatable bonds is 3. The molecule has 0 bridgehead atoms. The highest BCUT2D eigenvalue weighted by Crippen LogP contribution is 2.31. The molecule has 0 aliphatic heterocycles. The molecule has 2 N–H and O–H groups in total. The molecule has 0 aliphatic carbocycles. The Hall–Kier alpha value is -1.08. The molecule has 0 radical (unpaired) electrons. The Balaban J connectivity index is 4.48. The fourth-order valence-electron chi connectivity index (χ4n) is 0.310. The predicted molar refractivity (Wildman–Crippen MR) is 27.0 cm³/mol. The molecule has 0 rings (SSSR count). The Bertz CT molecular complexity index is 182. The van der Waals surface area contributed by atoms with Crippen LogP contribution >= 0.6 is 0 Å². The first-order valence-corrected chi connectivity index (χ1v) is 2.55. The van der Waals surface area contributed by atoms with Gasteiger partial charge in [0, 0.05) is 0 Å². The minimum atomic E-state index is -5.09. The van der Waals surface area contributed by atoms with Crippen LogP contribution in [0.5, 0.6) is 0 Å². The highest BCUT2D eigenvalue weighted by molar-refractivity contribution is 5.65. The van der Waals surface area contributed by atoms with Gasteiger partial charge in [-0.2, -0.15) is 17.6 Å². The minimum Gasteiger partial charge on any atom is -0.465 e. The highest BCUT2D eigenvalue weighted by atomic mass is 19.3. The maximum atomic E-state index is 12.0. The molecule has 0 aromatic rings. The summed E-state index contributed by atoms with van der Waals surface area (Å²) >= 11 is 0. The van der Waals surface area contributed by atoms with Gasteiger partial charge in [-0.1, -0.05) is 0 Å². The fraction of sp³-hybridized carbons (Fsp3) is 0.750. The molecule has 72 valence electrons. The van der Waals surface area contributed by atoms with Crippen LogP contribution < -0.4 is 5.32 Å². The summed E-state index contributed by atoms with van der Waals surface area (Å²) < 4.78 is 58.9. The zero-order valence-electron chi connectivity index (χ0n) is 5.45. The van der Waals surface area contributed by atoms with E-state index < -0.39 is 24.7 Å². The van der Waals surface area contributed by atoms with E-state index in [0.717, 1.165) is 0 Å². The number of carbonyl (C=O) groups is 1. The van der Waals surface area contributed by atoms with E-state index in [0.29, 0.717) is 0 Å². The van der Waals surface area contributed by atoms with Crippen LogP contribution in [0.15, 0.2) is 0 Å². The van der Waals surface area contributed by atoms with Gasteiger partial charge < -0.3 is 5.11 Å². The summed E-state index contributed by atoms with van der Waals surface area (Å²) in [5.41, 5.74) is 0. The van der Waals surface area contributed by atoms with Crippen molar-refractivity contribution in [3.8, 4) is 0 Å². The van der Waals surface area contributed by atoms with Crippen molar-refractivity contribution in [2.24, 2.45) is 0 Å². The number of alkyl halides is 5. The smallest absolute Gasteiger partial charge is 0.409 e. The summed E-state index contributed by atoms with van der Waals surface area (Å²) in [5, 5.41) is 7.86. The second-order valence-electron chi connectivity index (χ2n) is 1.84. The zero-order valence-corrected chi connectivity index (χ0v) is 5.45. The molecule has 0 aromatic heterocycles. The number of halogens is 5. The van der Waals surface area contributed by atoms with E-state index in [1.165, 1.54) is 0 Å². The molecule has 1 amide bonds. The highest BCUT2D eigenvalue weighted by Gasteiger charge is 2.57. The molecule has 0 spiro atoms. The van der Waals surface area contributed by atoms with Crippen molar-refractivity contribution in [1.29, 1.82) is 0 Å². The van der Waals surface area contributed by atoms with Gasteiger partial charge in [0.05, 0.1) is 0 Å². The Kier molecular flexibility index (Phi) is 2.83. The first-order chi connectivity index (χ1) is 5.23. The molecule has 12 heavy (non-hydrogen) atoms. The molecule has 0 aliphatic rings. The first kappa shape index (κ1) is 10.9. The maximum Gasteiger partial charge on any atom is 0.409 e. The molecule has 0 saturated carbocycles. The monoisotopic (exact) mass is 193 g/mol. The average Bonchev–Trinajstić information content (AvgIpc) is 1.84. The summed E-state index contributed by atoms with van der Waals surface area (Å²) in [4.78, 5) is 9.53. The molecule has 3 nitrogen and oxygen atoms in total. The van der Waals surface area contributed by atoms with Gasteiger partial charge in [-0.05, 0) is 0 Å². The van der Waals surface area contributed by atoms with E-state index in [1.54, 1.807) is 0 Å². The van der Waals surface area contributed by atoms with E-state index in [1.807, 2.05) is 0 Å². The lowest BCUT2D eigenvalue weighted by Crippen LogP contribution is -2.54. The molecule has 8 heteroatoms. The van der Waals surface area contributed by atoms with Gasteiger partial charge >= 0.3 is 18.1 Å². The molecule has 0 fully saturated rings. The Morgan fingerprint density at radius 1 is 1.33 bits per heavy atom. The topological polar surface area (TPSA) is 49.3 Å². The van der Waals surface area contributed by atoms with Gasteiger partial charge in [0.1, 0.15) is 0 Å². The first-order valence-electron chi connectivity index (χ1n) is 2.55. The third-order valence-electron chi connectivity index (χ3n) is 0.891. The lowest BCUT2D eigenvalue weighted by atomic mass is 10.3. The Morgan fingerprint density at radius 2 is 1.75 bits per heavy atom. The van der Waals surface area contributed by atoms with Crippen molar-refractivity contribution >= 4 is 6.09 Å². The lowest BCUT2D eigenvalue weighted by Gasteiger charge is -2.22. The summed E-state index contributed by atoms with van der Waals surface area (Å²) in [6, 6.07) is -5.09. The van der Waals surface area contributed by atoms with Crippen LogP contribution in [0.25, 0.3) is 0 Å². The standard InChI is InChI=1S/C4H4F5NO2/c5-1-3(6,7)4(8,9)10-2(11)12/h10H,1H2,(H,11,12). The summed E-state index contributed by atoms with van der Waals surface area (Å²) in [5.74, 6) is -5.02. The quantitative estimate of drug-likeness (QED) is 0.526. The normalized spacial score (nSPS) is 12.8. The van der Waals surface area contributed by atoms with Crippen molar-refractivity contribution in [3.63, 3.8) is 0 Å². The van der Waals surface area contributed by atoms with E-state index in [9.17, 15) is 26.7 Å². The van der Waals surface area contributed by atoms with Crippen molar-refractivity contribution in [2.45, 2.75) is 12.0 Å². The molecule has 0 heterocycles. The molecule has 0 unspecified atom stereocenters. The molecule has 0 saturated heterocycles. The van der Waals surface area contributed by atoms with Crippen molar-refractivity contribution in [2.75, 3.05) is 6.67 Å². The molecular weight excluding hydrogens is 189 g/mol. The van der Waals surface area contributed by atoms with Crippen LogP contribution in [-0.2, 0) is 0 Å². The summed E-state index contributed by atoms with van der Waals surface area (Å²) in [6.07, 6.45) is -2.35. The Labute approximate surface area is 63.2 Å². The number of hydrogen-bond acceptors (Lipinski definition) is 1. The minimum absolute atomic E-state index is 0.204. The van der Waals surface area contributed by atoms with Crippen molar-refractivity contribution < 1.29 is 31.9 Å². The predicted octanol–water partition coefficient (Wildman–Crippen LogP) is 1.45. The largest absolute Gasteiger partial charge is 0.465 e. The number of amides is 1. The summed E-state index contributed by atoms with van der Waals surface area (Å²) in [6.45, 7) is -2.64. The fourth-order valence-corrected chi connectivity index (χ4v) is 0.310. The van der Waals surface area contributed by atoms with Gasteiger partial charge in [0.15, 0.2) is 6.67 Å².